The number of likely N-dealkylation sites (N-methyl/N-ethyl adjacent to an activating group) is 1. The number of anilines is 1. The van der Waals surface area contributed by atoms with Gasteiger partial charge in [0.05, 0.1) is 24.8 Å². The molecule has 6 nitrogen and oxygen atoms in total. The van der Waals surface area contributed by atoms with Crippen molar-refractivity contribution in [2.75, 3.05) is 31.6 Å². The molecule has 1 heterocycles. The number of ether oxygens (including phenoxy) is 1. The van der Waals surface area contributed by atoms with E-state index in [1.54, 1.807) is 29.0 Å². The molecule has 0 aromatic heterocycles. The Morgan fingerprint density at radius 3 is 2.47 bits per heavy atom. The van der Waals surface area contributed by atoms with E-state index in [0.29, 0.717) is 18.8 Å². The van der Waals surface area contributed by atoms with E-state index < -0.39 is 0 Å². The number of hydrogen-bond donors (Lipinski definition) is 2. The van der Waals surface area contributed by atoms with Crippen LogP contribution in [0.3, 0.4) is 0 Å². The van der Waals surface area contributed by atoms with E-state index in [9.17, 15) is 15.0 Å². The monoisotopic (exact) mass is 456 g/mol. The fourth-order valence-corrected chi connectivity index (χ4v) is 4.94. The fraction of sp³-hybridized carbons (Fsp3) is 0.400. The summed E-state index contributed by atoms with van der Waals surface area (Å²) in [6, 6.07) is 9.07. The molecule has 1 fully saturated rings. The Kier molecular flexibility index (Phi) is 7.87. The van der Waals surface area contributed by atoms with Crippen molar-refractivity contribution in [1.29, 1.82) is 0 Å². The Labute approximate surface area is 194 Å². The number of phenolic OH excluding ortho intramolecular Hbond substituents is 1. The predicted octanol–water partition coefficient (Wildman–Crippen LogP) is 5.00. The summed E-state index contributed by atoms with van der Waals surface area (Å²) in [6.07, 6.45) is 1.84. The minimum absolute atomic E-state index is 0.0341. The normalized spacial score (nSPS) is 15.8. The number of aliphatic hydroxyl groups excluding tert-OH is 1. The average molecular weight is 457 g/mol. The van der Waals surface area contributed by atoms with Crippen molar-refractivity contribution < 1.29 is 19.7 Å². The summed E-state index contributed by atoms with van der Waals surface area (Å²) in [5.41, 5.74) is 4.41. The lowest BCUT2D eigenvalue weighted by molar-refractivity contribution is -0.118. The fourth-order valence-electron chi connectivity index (χ4n) is 4.05. The average Bonchev–Trinajstić information content (AvgIpc) is 3.21. The van der Waals surface area contributed by atoms with Crippen LogP contribution in [-0.2, 0) is 9.53 Å². The van der Waals surface area contributed by atoms with E-state index in [2.05, 4.69) is 39.5 Å². The Hall–Kier alpha value is -2.48. The van der Waals surface area contributed by atoms with Crippen molar-refractivity contribution in [2.45, 2.75) is 44.6 Å². The second-order valence-electron chi connectivity index (χ2n) is 8.39. The highest BCUT2D eigenvalue weighted by atomic mass is 32.2. The minimum atomic E-state index is -0.217. The lowest BCUT2D eigenvalue weighted by atomic mass is 10.1. The first-order valence-corrected chi connectivity index (χ1v) is 11.5. The van der Waals surface area contributed by atoms with Crippen LogP contribution in [0.5, 0.6) is 5.75 Å². The lowest BCUT2D eigenvalue weighted by Gasteiger charge is -2.28. The van der Waals surface area contributed by atoms with Crippen LogP contribution in [0, 0.1) is 20.8 Å². The molecule has 0 bridgehead atoms. The molecule has 0 spiro atoms. The summed E-state index contributed by atoms with van der Waals surface area (Å²) in [6.45, 7) is 11.0. The summed E-state index contributed by atoms with van der Waals surface area (Å²) in [5.74, 6) is -0.423. The van der Waals surface area contributed by atoms with Gasteiger partial charge in [0.15, 0.2) is 0 Å². The molecule has 2 aromatic rings. The molecule has 1 aliphatic rings. The zero-order valence-corrected chi connectivity index (χ0v) is 20.0. The number of aliphatic hydroxyl groups is 1. The van der Waals surface area contributed by atoms with Crippen LogP contribution in [0.2, 0.25) is 0 Å². The number of aryl methyl sites for hydroxylation is 3. The summed E-state index contributed by atoms with van der Waals surface area (Å²) in [5, 5.41) is 19.9. The van der Waals surface area contributed by atoms with E-state index >= 15 is 0 Å². The van der Waals surface area contributed by atoms with Gasteiger partial charge in [-0.15, -0.1) is 0 Å². The molecule has 32 heavy (non-hydrogen) atoms. The van der Waals surface area contributed by atoms with Gasteiger partial charge < -0.3 is 19.8 Å². The van der Waals surface area contributed by atoms with E-state index in [0.717, 1.165) is 17.7 Å². The number of carbonyl (C=O) groups excluding carboxylic acids is 1. The van der Waals surface area contributed by atoms with E-state index in [-0.39, 0.29) is 35.6 Å². The molecule has 1 aliphatic heterocycles. The smallest absolute Gasteiger partial charge is 0.242 e. The zero-order chi connectivity index (χ0) is 23.4. The summed E-state index contributed by atoms with van der Waals surface area (Å²) in [4.78, 5) is 16.2. The molecular weight excluding hydrogens is 424 g/mol. The first-order chi connectivity index (χ1) is 15.2. The molecule has 0 saturated carbocycles. The van der Waals surface area contributed by atoms with Gasteiger partial charge in [0.2, 0.25) is 5.91 Å². The first kappa shape index (κ1) is 24.2. The lowest BCUT2D eigenvalue weighted by Crippen LogP contribution is -2.41. The molecule has 7 heteroatoms. The van der Waals surface area contributed by atoms with Crippen molar-refractivity contribution >= 4 is 29.3 Å². The standard InChI is InChI=1S/C25H32N2O4S/c1-16-11-17(2)25(18(3)12-16)32-26(5)15-24(30)27(14-21-7-6-10-31-21)20-8-9-22(19(4)28)23(29)13-20/h8-9,11-13,21,28-29H,4,6-7,10,14-15H2,1-3,5H3. The van der Waals surface area contributed by atoms with Crippen LogP contribution in [0.1, 0.15) is 35.1 Å². The summed E-state index contributed by atoms with van der Waals surface area (Å²) >= 11 is 1.56. The van der Waals surface area contributed by atoms with E-state index in [1.807, 2.05) is 11.4 Å². The second-order valence-corrected chi connectivity index (χ2v) is 9.61. The van der Waals surface area contributed by atoms with Crippen molar-refractivity contribution in [2.24, 2.45) is 0 Å². The van der Waals surface area contributed by atoms with Crippen molar-refractivity contribution in [3.63, 3.8) is 0 Å². The topological polar surface area (TPSA) is 73.2 Å². The Bertz CT molecular complexity index is 978. The van der Waals surface area contributed by atoms with Crippen LogP contribution in [-0.4, -0.2) is 53.3 Å². The van der Waals surface area contributed by atoms with Crippen LogP contribution >= 0.6 is 11.9 Å². The Morgan fingerprint density at radius 1 is 1.22 bits per heavy atom. The van der Waals surface area contributed by atoms with Crippen molar-refractivity contribution in [1.82, 2.24) is 4.31 Å². The van der Waals surface area contributed by atoms with E-state index in [4.69, 9.17) is 4.74 Å². The van der Waals surface area contributed by atoms with Gasteiger partial charge in [-0.25, -0.2) is 4.31 Å². The molecule has 2 N–H and O–H groups in total. The number of carbonyl (C=O) groups is 1. The van der Waals surface area contributed by atoms with Crippen LogP contribution in [0.25, 0.3) is 5.76 Å². The highest BCUT2D eigenvalue weighted by Crippen LogP contribution is 2.31. The van der Waals surface area contributed by atoms with Gasteiger partial charge >= 0.3 is 0 Å². The molecule has 0 aliphatic carbocycles. The van der Waals surface area contributed by atoms with Gasteiger partial charge in [0.25, 0.3) is 0 Å². The molecule has 1 saturated heterocycles. The SMILES string of the molecule is C=C(O)c1ccc(N(CC2CCCO2)C(=O)CN(C)Sc2c(C)cc(C)cc2C)cc1O. The highest BCUT2D eigenvalue weighted by Gasteiger charge is 2.26. The molecule has 172 valence electrons. The molecule has 0 radical (unpaired) electrons. The van der Waals surface area contributed by atoms with Crippen molar-refractivity contribution in [3.8, 4) is 5.75 Å². The number of rotatable bonds is 8. The third-order valence-corrected chi connectivity index (χ3v) is 6.79. The first-order valence-electron chi connectivity index (χ1n) is 10.8. The number of nitrogens with zero attached hydrogens (tertiary/aromatic N) is 2. The molecular formula is C25H32N2O4S. The third-order valence-electron chi connectivity index (χ3n) is 5.52. The van der Waals surface area contributed by atoms with Crippen LogP contribution < -0.4 is 4.90 Å². The van der Waals surface area contributed by atoms with Gasteiger partial charge in [-0.05, 0) is 75.9 Å². The van der Waals surface area contributed by atoms with Crippen molar-refractivity contribution in [3.05, 3.63) is 59.2 Å². The second kappa shape index (κ2) is 10.4. The number of phenols is 1. The highest BCUT2D eigenvalue weighted by molar-refractivity contribution is 7.97. The van der Waals surface area contributed by atoms with Gasteiger partial charge in [-0.1, -0.05) is 24.3 Å². The maximum Gasteiger partial charge on any atom is 0.242 e. The van der Waals surface area contributed by atoms with Crippen LogP contribution in [0.15, 0.2) is 41.8 Å². The summed E-state index contributed by atoms with van der Waals surface area (Å²) < 4.78 is 7.69. The molecule has 2 aromatic carbocycles. The minimum Gasteiger partial charge on any atom is -0.508 e. The van der Waals surface area contributed by atoms with Gasteiger partial charge in [0, 0.05) is 23.3 Å². The quantitative estimate of drug-likeness (QED) is 0.430. The Balaban J connectivity index is 1.79. The molecule has 1 atom stereocenters. The maximum absolute atomic E-state index is 13.4. The third kappa shape index (κ3) is 5.85. The van der Waals surface area contributed by atoms with Crippen LogP contribution in [0.4, 0.5) is 5.69 Å². The van der Waals surface area contributed by atoms with Gasteiger partial charge in [0.1, 0.15) is 11.5 Å². The number of benzene rings is 2. The predicted molar refractivity (Wildman–Crippen MR) is 130 cm³/mol. The molecule has 3 rings (SSSR count). The van der Waals surface area contributed by atoms with Gasteiger partial charge in [-0.3, -0.25) is 4.79 Å². The maximum atomic E-state index is 13.4. The van der Waals surface area contributed by atoms with Gasteiger partial charge in [-0.2, -0.15) is 0 Å². The number of hydrogen-bond acceptors (Lipinski definition) is 6. The number of amides is 1. The Morgan fingerprint density at radius 2 is 1.91 bits per heavy atom. The largest absolute Gasteiger partial charge is 0.508 e. The van der Waals surface area contributed by atoms with E-state index in [1.165, 1.54) is 22.8 Å². The number of aromatic hydroxyl groups is 1. The molecule has 1 unspecified atom stereocenters. The zero-order valence-electron chi connectivity index (χ0n) is 19.2. The molecule has 1 amide bonds. The summed E-state index contributed by atoms with van der Waals surface area (Å²) in [7, 11) is 1.90.